The van der Waals surface area contributed by atoms with E-state index >= 15 is 0 Å². The molecule has 2 aromatic rings. The lowest BCUT2D eigenvalue weighted by Gasteiger charge is -2.35. The molecule has 0 bridgehead atoms. The maximum absolute atomic E-state index is 13.9. The maximum Gasteiger partial charge on any atom is 0.416 e. The van der Waals surface area contributed by atoms with E-state index in [-0.39, 0.29) is 36.5 Å². The van der Waals surface area contributed by atoms with Gasteiger partial charge in [-0.15, -0.1) is 0 Å². The van der Waals surface area contributed by atoms with Crippen LogP contribution in [0.5, 0.6) is 0 Å². The first-order valence-corrected chi connectivity index (χ1v) is 20.7. The first-order chi connectivity index (χ1) is 28.8. The van der Waals surface area contributed by atoms with Crippen molar-refractivity contribution in [3.63, 3.8) is 0 Å². The number of aliphatic hydroxyl groups is 2. The minimum atomic E-state index is -1.41. The maximum atomic E-state index is 13.9. The summed E-state index contributed by atoms with van der Waals surface area (Å²) in [5.41, 5.74) is -1.20. The summed E-state index contributed by atoms with van der Waals surface area (Å²) in [4.78, 5) is 66.7. The molecule has 3 N–H and O–H groups in total. The Kier molecular flexibility index (Phi) is 16.4. The van der Waals surface area contributed by atoms with Crippen LogP contribution in [0.1, 0.15) is 92.2 Å². The van der Waals surface area contributed by atoms with Gasteiger partial charge in [-0.1, -0.05) is 13.8 Å². The van der Waals surface area contributed by atoms with Crippen LogP contribution in [0.15, 0.2) is 36.4 Å². The summed E-state index contributed by atoms with van der Waals surface area (Å²) in [5, 5.41) is 31.6. The van der Waals surface area contributed by atoms with Crippen molar-refractivity contribution in [2.45, 2.75) is 135 Å². The first kappa shape index (κ1) is 49.7. The van der Waals surface area contributed by atoms with Crippen molar-refractivity contribution in [2.24, 2.45) is 17.8 Å². The number of imide groups is 1. The van der Waals surface area contributed by atoms with Crippen molar-refractivity contribution >= 4 is 30.2 Å². The number of aliphatic carboxylic acids is 1. The fraction of sp³-hybridized carbons (Fsp3) is 0.614. The van der Waals surface area contributed by atoms with E-state index < -0.39 is 107 Å². The lowest BCUT2D eigenvalue weighted by molar-refractivity contribution is -0.147. The number of carbonyl (C=O) groups is 5. The molecule has 62 heavy (non-hydrogen) atoms. The van der Waals surface area contributed by atoms with Gasteiger partial charge in [-0.2, -0.15) is 0 Å². The average Bonchev–Trinajstić information content (AvgIpc) is 3.90. The number of aliphatic hydroxyl groups excluding tert-OH is 2. The summed E-state index contributed by atoms with van der Waals surface area (Å²) in [7, 11) is 0. The van der Waals surface area contributed by atoms with Crippen molar-refractivity contribution in [2.75, 3.05) is 19.7 Å². The highest BCUT2D eigenvalue weighted by Gasteiger charge is 2.48. The van der Waals surface area contributed by atoms with Gasteiger partial charge >= 0.3 is 24.2 Å². The summed E-state index contributed by atoms with van der Waals surface area (Å²) in [6, 6.07) is 3.59. The number of hydrogen-bond acceptors (Lipinski definition) is 10. The van der Waals surface area contributed by atoms with E-state index in [1.165, 1.54) is 9.80 Å². The molecule has 3 aliphatic heterocycles. The van der Waals surface area contributed by atoms with Gasteiger partial charge in [0.05, 0.1) is 42.2 Å². The van der Waals surface area contributed by atoms with Crippen molar-refractivity contribution < 1.29 is 71.1 Å². The van der Waals surface area contributed by atoms with Crippen molar-refractivity contribution in [1.82, 2.24) is 14.7 Å². The topological polar surface area (TPSA) is 183 Å². The molecule has 14 nitrogen and oxygen atoms in total. The molecule has 0 aliphatic carbocycles. The SMILES string of the molecule is CC(C)(C)OC(=O)N1CCC[C@@H]1[C@@H](O)[C@H](Cc1cc(F)cc(F)c1)C(=O)O.CC(C)[C@H]1COC(=O)N1C(=O)[C@@H](Cc1cc(F)cc(F)c1)[C@H](O)[C@H]1CCCN1C(=O)OC(C)(C)C. The molecule has 0 saturated carbocycles. The fourth-order valence-corrected chi connectivity index (χ4v) is 7.96. The molecule has 0 unspecified atom stereocenters. The zero-order valence-electron chi connectivity index (χ0n) is 36.4. The van der Waals surface area contributed by atoms with Crippen LogP contribution in [0.3, 0.4) is 0 Å². The number of rotatable bonds is 11. The second kappa shape index (κ2) is 20.5. The lowest BCUT2D eigenvalue weighted by Crippen LogP contribution is -2.53. The van der Waals surface area contributed by atoms with E-state index in [1.807, 2.05) is 13.8 Å². The molecule has 7 atom stereocenters. The Morgan fingerprint density at radius 1 is 0.694 bits per heavy atom. The predicted molar refractivity (Wildman–Crippen MR) is 215 cm³/mol. The predicted octanol–water partition coefficient (Wildman–Crippen LogP) is 6.86. The Morgan fingerprint density at radius 2 is 1.08 bits per heavy atom. The summed E-state index contributed by atoms with van der Waals surface area (Å²) in [5.74, 6) is -7.98. The highest BCUT2D eigenvalue weighted by molar-refractivity contribution is 5.95. The number of nitrogens with zero attached hydrogens (tertiary/aromatic N) is 3. The third-order valence-electron chi connectivity index (χ3n) is 10.8. The molecule has 18 heteroatoms. The average molecular weight is 882 g/mol. The van der Waals surface area contributed by atoms with E-state index in [4.69, 9.17) is 14.2 Å². The van der Waals surface area contributed by atoms with E-state index in [9.17, 15) is 56.9 Å². The first-order valence-electron chi connectivity index (χ1n) is 20.7. The molecule has 0 radical (unpaired) electrons. The molecule has 5 rings (SSSR count). The molecule has 3 aliphatic rings. The van der Waals surface area contributed by atoms with Crippen LogP contribution >= 0.6 is 0 Å². The molecule has 2 aromatic carbocycles. The number of carboxylic acid groups (broad SMARTS) is 1. The third kappa shape index (κ3) is 13.3. The smallest absolute Gasteiger partial charge is 0.416 e. The molecule has 0 aromatic heterocycles. The van der Waals surface area contributed by atoms with Gasteiger partial charge in [-0.25, -0.2) is 36.8 Å². The lowest BCUT2D eigenvalue weighted by atomic mass is 9.87. The molecular weight excluding hydrogens is 822 g/mol. The summed E-state index contributed by atoms with van der Waals surface area (Å²) in [6.45, 7) is 14.7. The standard InChI is InChI=1S/C25H34F2N2O6.C19H25F2NO5/c1-14(2)20-13-34-24(33)29(20)22(31)18(11-15-9-16(26)12-17(27)10-15)21(30)19-7-6-8-28(19)23(32)35-25(3,4)5;1-19(2,3)27-18(26)22-6-4-5-15(22)16(23)14(17(24)25)9-11-7-12(20)10-13(21)8-11/h9-10,12,14,18-21,30H,6-8,11,13H2,1-5H3;7-8,10,14-16,23H,4-6,9H2,1-3H3,(H,24,25)/t18-,19+,20+,21-;14-,15+,16-/m00/s1. The number of ether oxygens (including phenoxy) is 3. The largest absolute Gasteiger partial charge is 0.481 e. The van der Waals surface area contributed by atoms with Gasteiger partial charge in [-0.05, 0) is 121 Å². The van der Waals surface area contributed by atoms with E-state index in [0.29, 0.717) is 50.9 Å². The van der Waals surface area contributed by atoms with E-state index in [2.05, 4.69) is 0 Å². The Bertz CT molecular complexity index is 1900. The van der Waals surface area contributed by atoms with Crippen molar-refractivity contribution in [1.29, 1.82) is 0 Å². The second-order valence-corrected chi connectivity index (χ2v) is 18.4. The highest BCUT2D eigenvalue weighted by Crippen LogP contribution is 2.32. The second-order valence-electron chi connectivity index (χ2n) is 18.4. The zero-order chi connectivity index (χ0) is 46.4. The zero-order valence-corrected chi connectivity index (χ0v) is 36.4. The summed E-state index contributed by atoms with van der Waals surface area (Å²) >= 11 is 0. The summed E-state index contributed by atoms with van der Waals surface area (Å²) < 4.78 is 70.5. The minimum Gasteiger partial charge on any atom is -0.481 e. The monoisotopic (exact) mass is 881 g/mol. The van der Waals surface area contributed by atoms with Crippen LogP contribution in [-0.2, 0) is 36.6 Å². The number of likely N-dealkylation sites (tertiary alicyclic amines) is 2. The molecule has 3 saturated heterocycles. The van der Waals surface area contributed by atoms with Crippen molar-refractivity contribution in [3.8, 4) is 0 Å². The van der Waals surface area contributed by atoms with E-state index in [1.54, 1.807) is 41.5 Å². The Morgan fingerprint density at radius 3 is 1.45 bits per heavy atom. The molecule has 3 heterocycles. The van der Waals surface area contributed by atoms with Gasteiger partial charge in [0.1, 0.15) is 41.1 Å². The number of cyclic esters (lactones) is 1. The number of carbonyl (C=O) groups excluding carboxylic acids is 4. The number of halogens is 4. The molecule has 344 valence electrons. The Balaban J connectivity index is 0.000000282. The van der Waals surface area contributed by atoms with Crippen LogP contribution in [0.25, 0.3) is 0 Å². The van der Waals surface area contributed by atoms with Gasteiger partial charge in [-0.3, -0.25) is 9.59 Å². The quantitative estimate of drug-likeness (QED) is 0.158. The minimum absolute atomic E-state index is 0.0209. The third-order valence-corrected chi connectivity index (χ3v) is 10.8. The van der Waals surface area contributed by atoms with Gasteiger partial charge in [0.2, 0.25) is 5.91 Å². The number of benzene rings is 2. The van der Waals surface area contributed by atoms with Gasteiger partial charge < -0.3 is 39.3 Å². The number of amides is 4. The summed E-state index contributed by atoms with van der Waals surface area (Å²) in [6.07, 6.45) is -3.38. The van der Waals surface area contributed by atoms with Gasteiger partial charge in [0.15, 0.2) is 0 Å². The highest BCUT2D eigenvalue weighted by atomic mass is 19.1. The van der Waals surface area contributed by atoms with Crippen LogP contribution < -0.4 is 0 Å². The van der Waals surface area contributed by atoms with Gasteiger partial charge in [0, 0.05) is 25.2 Å². The van der Waals surface area contributed by atoms with Crippen LogP contribution in [0.2, 0.25) is 0 Å². The van der Waals surface area contributed by atoms with Crippen LogP contribution in [-0.4, -0.2) is 121 Å². The number of hydrogen-bond donors (Lipinski definition) is 3. The Labute approximate surface area is 359 Å². The molecule has 4 amide bonds. The molecular formula is C44H59F4N3O11. The molecule has 0 spiro atoms. The van der Waals surface area contributed by atoms with Crippen LogP contribution in [0.4, 0.5) is 31.9 Å². The van der Waals surface area contributed by atoms with Crippen molar-refractivity contribution in [3.05, 3.63) is 70.8 Å². The van der Waals surface area contributed by atoms with Gasteiger partial charge in [0.25, 0.3) is 0 Å². The fourth-order valence-electron chi connectivity index (χ4n) is 7.96. The Hall–Kier alpha value is -4.97. The molecule has 3 fully saturated rings. The number of carboxylic acids is 1. The normalized spacial score (nSPS) is 21.2. The van der Waals surface area contributed by atoms with E-state index in [0.717, 1.165) is 29.2 Å². The van der Waals surface area contributed by atoms with Crippen LogP contribution in [0, 0.1) is 41.0 Å².